The largest absolute Gasteiger partial charge is 0.313 e. The van der Waals surface area contributed by atoms with Gasteiger partial charge in [-0.25, -0.2) is 9.97 Å². The van der Waals surface area contributed by atoms with E-state index in [1.165, 1.54) is 44.1 Å². The topological polar surface area (TPSA) is 37.8 Å². The van der Waals surface area contributed by atoms with Crippen molar-refractivity contribution in [3.8, 4) is 0 Å². The molecule has 0 aromatic carbocycles. The van der Waals surface area contributed by atoms with E-state index in [9.17, 15) is 0 Å². The van der Waals surface area contributed by atoms with Gasteiger partial charge in [0.15, 0.2) is 0 Å². The van der Waals surface area contributed by atoms with Gasteiger partial charge in [-0.2, -0.15) is 0 Å². The van der Waals surface area contributed by atoms with E-state index < -0.39 is 0 Å². The molecule has 1 aliphatic rings. The summed E-state index contributed by atoms with van der Waals surface area (Å²) in [5.41, 5.74) is 1.19. The van der Waals surface area contributed by atoms with Crippen LogP contribution in [0.25, 0.3) is 0 Å². The van der Waals surface area contributed by atoms with Gasteiger partial charge in [0.2, 0.25) is 0 Å². The molecule has 2 rings (SSSR count). The molecule has 1 fully saturated rings. The minimum atomic E-state index is 0.598. The Hall–Kier alpha value is -0.960. The molecule has 0 unspecified atom stereocenters. The van der Waals surface area contributed by atoms with Gasteiger partial charge in [-0.1, -0.05) is 26.7 Å². The van der Waals surface area contributed by atoms with Crippen molar-refractivity contribution in [3.63, 3.8) is 0 Å². The van der Waals surface area contributed by atoms with Crippen molar-refractivity contribution < 1.29 is 0 Å². The second-order valence-electron chi connectivity index (χ2n) is 5.74. The number of nitrogens with zero attached hydrogens (tertiary/aromatic N) is 2. The van der Waals surface area contributed by atoms with Gasteiger partial charge in [-0.05, 0) is 38.1 Å². The molecule has 1 N–H and O–H groups in total. The SMILES string of the molecule is CCCC1CCC(c2ncc(CNCC)cn2)CC1. The third-order valence-corrected chi connectivity index (χ3v) is 4.21. The summed E-state index contributed by atoms with van der Waals surface area (Å²) < 4.78 is 0. The summed E-state index contributed by atoms with van der Waals surface area (Å²) in [5.74, 6) is 2.62. The Kier molecular flexibility index (Phi) is 5.77. The molecule has 1 aromatic rings. The minimum Gasteiger partial charge on any atom is -0.313 e. The fourth-order valence-electron chi connectivity index (χ4n) is 3.05. The van der Waals surface area contributed by atoms with E-state index in [1.54, 1.807) is 0 Å². The minimum absolute atomic E-state index is 0.598. The van der Waals surface area contributed by atoms with E-state index in [-0.39, 0.29) is 0 Å². The first kappa shape index (κ1) is 14.4. The maximum Gasteiger partial charge on any atom is 0.131 e. The Morgan fingerprint density at radius 3 is 2.37 bits per heavy atom. The number of rotatable bonds is 6. The van der Waals surface area contributed by atoms with Crippen LogP contribution in [0.5, 0.6) is 0 Å². The molecule has 1 heterocycles. The molecule has 0 bridgehead atoms. The highest BCUT2D eigenvalue weighted by Gasteiger charge is 2.23. The molecular weight excluding hydrogens is 234 g/mol. The number of aromatic nitrogens is 2. The molecular formula is C16H27N3. The summed E-state index contributed by atoms with van der Waals surface area (Å²) in [6, 6.07) is 0. The summed E-state index contributed by atoms with van der Waals surface area (Å²) in [5, 5.41) is 3.30. The van der Waals surface area contributed by atoms with Crippen molar-refractivity contribution in [2.45, 2.75) is 64.8 Å². The summed E-state index contributed by atoms with van der Waals surface area (Å²) in [7, 11) is 0. The van der Waals surface area contributed by atoms with E-state index in [0.717, 1.165) is 24.8 Å². The lowest BCUT2D eigenvalue weighted by Crippen LogP contribution is -2.16. The molecule has 106 valence electrons. The van der Waals surface area contributed by atoms with Crippen LogP contribution in [0, 0.1) is 5.92 Å². The van der Waals surface area contributed by atoms with Crippen LogP contribution in [0.3, 0.4) is 0 Å². The Bertz CT molecular complexity index is 353. The van der Waals surface area contributed by atoms with Crippen LogP contribution in [0.2, 0.25) is 0 Å². The zero-order valence-corrected chi connectivity index (χ0v) is 12.4. The van der Waals surface area contributed by atoms with E-state index in [1.807, 2.05) is 12.4 Å². The first-order valence-corrected chi connectivity index (χ1v) is 7.85. The van der Waals surface area contributed by atoms with Crippen molar-refractivity contribution in [3.05, 3.63) is 23.8 Å². The number of nitrogens with one attached hydrogen (secondary N) is 1. The van der Waals surface area contributed by atoms with Gasteiger partial charge in [0.1, 0.15) is 5.82 Å². The highest BCUT2D eigenvalue weighted by molar-refractivity contribution is 5.08. The molecule has 0 radical (unpaired) electrons. The van der Waals surface area contributed by atoms with Crippen LogP contribution in [0.4, 0.5) is 0 Å². The van der Waals surface area contributed by atoms with Gasteiger partial charge in [-0.3, -0.25) is 0 Å². The van der Waals surface area contributed by atoms with Crippen LogP contribution in [-0.2, 0) is 6.54 Å². The molecule has 0 amide bonds. The zero-order chi connectivity index (χ0) is 13.5. The maximum absolute atomic E-state index is 4.58. The van der Waals surface area contributed by atoms with Crippen molar-refractivity contribution in [2.75, 3.05) is 6.54 Å². The highest BCUT2D eigenvalue weighted by Crippen LogP contribution is 2.35. The molecule has 0 spiro atoms. The Morgan fingerprint density at radius 2 is 1.79 bits per heavy atom. The third-order valence-electron chi connectivity index (χ3n) is 4.21. The van der Waals surface area contributed by atoms with Gasteiger partial charge in [0, 0.05) is 30.4 Å². The van der Waals surface area contributed by atoms with Crippen LogP contribution in [-0.4, -0.2) is 16.5 Å². The molecule has 0 aliphatic heterocycles. The fraction of sp³-hybridized carbons (Fsp3) is 0.750. The molecule has 3 heteroatoms. The lowest BCUT2D eigenvalue weighted by Gasteiger charge is -2.27. The molecule has 0 atom stereocenters. The molecule has 1 aliphatic carbocycles. The smallest absolute Gasteiger partial charge is 0.131 e. The van der Waals surface area contributed by atoms with Crippen LogP contribution in [0.1, 0.15) is 69.7 Å². The summed E-state index contributed by atoms with van der Waals surface area (Å²) in [6.45, 7) is 6.27. The molecule has 19 heavy (non-hydrogen) atoms. The van der Waals surface area contributed by atoms with Gasteiger partial charge >= 0.3 is 0 Å². The molecule has 0 saturated heterocycles. The average Bonchev–Trinajstić information content (AvgIpc) is 2.47. The second-order valence-corrected chi connectivity index (χ2v) is 5.74. The molecule has 3 nitrogen and oxygen atoms in total. The van der Waals surface area contributed by atoms with Gasteiger partial charge in [0.25, 0.3) is 0 Å². The van der Waals surface area contributed by atoms with Gasteiger partial charge in [0.05, 0.1) is 0 Å². The van der Waals surface area contributed by atoms with Crippen LogP contribution >= 0.6 is 0 Å². The monoisotopic (exact) mass is 261 g/mol. The predicted molar refractivity (Wildman–Crippen MR) is 79.0 cm³/mol. The average molecular weight is 261 g/mol. The van der Waals surface area contributed by atoms with Gasteiger partial charge < -0.3 is 5.32 Å². The van der Waals surface area contributed by atoms with E-state index >= 15 is 0 Å². The summed E-state index contributed by atoms with van der Waals surface area (Å²) in [4.78, 5) is 9.15. The summed E-state index contributed by atoms with van der Waals surface area (Å²) >= 11 is 0. The van der Waals surface area contributed by atoms with E-state index in [4.69, 9.17) is 0 Å². The predicted octanol–water partition coefficient (Wildman–Crippen LogP) is 3.66. The lowest BCUT2D eigenvalue weighted by molar-refractivity contribution is 0.302. The Labute approximate surface area is 117 Å². The van der Waals surface area contributed by atoms with Crippen molar-refractivity contribution in [1.29, 1.82) is 0 Å². The second kappa shape index (κ2) is 7.59. The first-order valence-electron chi connectivity index (χ1n) is 7.85. The van der Waals surface area contributed by atoms with Gasteiger partial charge in [-0.15, -0.1) is 0 Å². The van der Waals surface area contributed by atoms with E-state index in [2.05, 4.69) is 29.1 Å². The standard InChI is InChI=1S/C16H27N3/c1-3-5-13-6-8-15(9-7-13)16-18-11-14(12-19-16)10-17-4-2/h11-13,15,17H,3-10H2,1-2H3. The lowest BCUT2D eigenvalue weighted by atomic mass is 9.80. The van der Waals surface area contributed by atoms with Crippen molar-refractivity contribution in [2.24, 2.45) is 5.92 Å². The quantitative estimate of drug-likeness (QED) is 0.849. The first-order chi connectivity index (χ1) is 9.33. The van der Waals surface area contributed by atoms with Crippen LogP contribution in [0.15, 0.2) is 12.4 Å². The maximum atomic E-state index is 4.58. The van der Waals surface area contributed by atoms with Crippen molar-refractivity contribution in [1.82, 2.24) is 15.3 Å². The summed E-state index contributed by atoms with van der Waals surface area (Å²) in [6.07, 6.45) is 12.0. The number of hydrogen-bond donors (Lipinski definition) is 1. The normalized spacial score (nSPS) is 23.5. The highest BCUT2D eigenvalue weighted by atomic mass is 14.9. The van der Waals surface area contributed by atoms with E-state index in [0.29, 0.717) is 5.92 Å². The Morgan fingerprint density at radius 1 is 1.11 bits per heavy atom. The zero-order valence-electron chi connectivity index (χ0n) is 12.4. The van der Waals surface area contributed by atoms with Crippen LogP contribution < -0.4 is 5.32 Å². The molecule has 1 saturated carbocycles. The third kappa shape index (κ3) is 4.27. The molecule has 1 aromatic heterocycles. The van der Waals surface area contributed by atoms with Crippen molar-refractivity contribution >= 4 is 0 Å². The Balaban J connectivity index is 1.85. The fourth-order valence-corrected chi connectivity index (χ4v) is 3.05. The number of hydrogen-bond acceptors (Lipinski definition) is 3.